The van der Waals surface area contributed by atoms with Crippen molar-refractivity contribution in [3.05, 3.63) is 55.4 Å². The number of thiophene rings is 1. The van der Waals surface area contributed by atoms with Crippen molar-refractivity contribution >= 4 is 38.9 Å². The van der Waals surface area contributed by atoms with Crippen LogP contribution in [0.25, 0.3) is 0 Å². The molecule has 2 aromatic rings. The molecule has 0 radical (unpaired) electrons. The number of hydrogen-bond acceptors (Lipinski definition) is 2. The summed E-state index contributed by atoms with van der Waals surface area (Å²) in [5, 5.41) is 10.0. The highest BCUT2D eigenvalue weighted by molar-refractivity contribution is 9.11. The molecule has 1 N–H and O–H groups in total. The summed E-state index contributed by atoms with van der Waals surface area (Å²) >= 11 is 10.5. The van der Waals surface area contributed by atoms with Crippen LogP contribution in [0.1, 0.15) is 16.5 Å². The minimum Gasteiger partial charge on any atom is -0.383 e. The maximum Gasteiger partial charge on any atom is 0.142 e. The standard InChI is InChI=1S/C11H7BrClFOS/c12-9-5-4-8(16-9)11(15)6-2-1-3-7(14)10(6)13/h1-5,11,15H. The van der Waals surface area contributed by atoms with Crippen LogP contribution in [0.3, 0.4) is 0 Å². The van der Waals surface area contributed by atoms with Gasteiger partial charge < -0.3 is 5.11 Å². The Bertz CT molecular complexity index is 514. The fraction of sp³-hybridized carbons (Fsp3) is 0.0909. The lowest BCUT2D eigenvalue weighted by Crippen LogP contribution is -1.99. The molecule has 1 unspecified atom stereocenters. The molecule has 1 nitrogen and oxygen atoms in total. The van der Waals surface area contributed by atoms with Gasteiger partial charge in [-0.15, -0.1) is 11.3 Å². The Balaban J connectivity index is 2.41. The van der Waals surface area contributed by atoms with E-state index in [2.05, 4.69) is 15.9 Å². The van der Waals surface area contributed by atoms with E-state index < -0.39 is 11.9 Å². The maximum absolute atomic E-state index is 13.2. The molecule has 1 heterocycles. The second kappa shape index (κ2) is 4.84. The van der Waals surface area contributed by atoms with Crippen molar-refractivity contribution in [1.82, 2.24) is 0 Å². The van der Waals surface area contributed by atoms with Gasteiger partial charge in [-0.05, 0) is 34.1 Å². The summed E-state index contributed by atoms with van der Waals surface area (Å²) in [7, 11) is 0. The fourth-order valence-corrected chi connectivity index (χ4v) is 3.02. The lowest BCUT2D eigenvalue weighted by molar-refractivity contribution is 0.224. The van der Waals surface area contributed by atoms with Gasteiger partial charge in [0.05, 0.1) is 8.81 Å². The largest absolute Gasteiger partial charge is 0.383 e. The van der Waals surface area contributed by atoms with Crippen LogP contribution in [0, 0.1) is 5.82 Å². The molecule has 2 rings (SSSR count). The highest BCUT2D eigenvalue weighted by Crippen LogP contribution is 2.34. The number of halogens is 3. The van der Waals surface area contributed by atoms with Crippen LogP contribution in [0.5, 0.6) is 0 Å². The summed E-state index contributed by atoms with van der Waals surface area (Å²) < 4.78 is 14.1. The van der Waals surface area contributed by atoms with Crippen molar-refractivity contribution in [1.29, 1.82) is 0 Å². The smallest absolute Gasteiger partial charge is 0.142 e. The van der Waals surface area contributed by atoms with Gasteiger partial charge in [-0.2, -0.15) is 0 Å². The number of hydrogen-bond donors (Lipinski definition) is 1. The lowest BCUT2D eigenvalue weighted by Gasteiger charge is -2.10. The predicted molar refractivity (Wildman–Crippen MR) is 67.5 cm³/mol. The van der Waals surface area contributed by atoms with Gasteiger partial charge in [0.2, 0.25) is 0 Å². The quantitative estimate of drug-likeness (QED) is 0.870. The Morgan fingerprint density at radius 2 is 2.06 bits per heavy atom. The van der Waals surface area contributed by atoms with Crippen molar-refractivity contribution in [2.45, 2.75) is 6.10 Å². The molecule has 0 aliphatic carbocycles. The molecule has 0 fully saturated rings. The van der Waals surface area contributed by atoms with Gasteiger partial charge in [0.1, 0.15) is 11.9 Å². The van der Waals surface area contributed by atoms with Crippen molar-refractivity contribution in [2.75, 3.05) is 0 Å². The van der Waals surface area contributed by atoms with E-state index >= 15 is 0 Å². The SMILES string of the molecule is OC(c1ccc(Br)s1)c1cccc(F)c1Cl. The van der Waals surface area contributed by atoms with E-state index in [0.717, 1.165) is 8.66 Å². The molecule has 0 spiro atoms. The van der Waals surface area contributed by atoms with E-state index in [0.29, 0.717) is 5.56 Å². The summed E-state index contributed by atoms with van der Waals surface area (Å²) in [4.78, 5) is 0.722. The van der Waals surface area contributed by atoms with Gasteiger partial charge in [0, 0.05) is 10.4 Å². The molecule has 0 amide bonds. The monoisotopic (exact) mass is 320 g/mol. The summed E-state index contributed by atoms with van der Waals surface area (Å²) in [6, 6.07) is 8.02. The average Bonchev–Trinajstić information content (AvgIpc) is 2.68. The van der Waals surface area contributed by atoms with Crippen LogP contribution in [0.4, 0.5) is 4.39 Å². The molecule has 0 saturated heterocycles. The Hall–Kier alpha value is -0.420. The second-order valence-electron chi connectivity index (χ2n) is 3.19. The van der Waals surface area contributed by atoms with Crippen LogP contribution in [0.2, 0.25) is 5.02 Å². The van der Waals surface area contributed by atoms with E-state index in [1.807, 2.05) is 6.07 Å². The van der Waals surface area contributed by atoms with Crippen molar-refractivity contribution in [3.8, 4) is 0 Å². The van der Waals surface area contributed by atoms with E-state index in [1.165, 1.54) is 23.5 Å². The van der Waals surface area contributed by atoms with Gasteiger partial charge in [-0.25, -0.2) is 4.39 Å². The van der Waals surface area contributed by atoms with E-state index in [9.17, 15) is 9.50 Å². The van der Waals surface area contributed by atoms with E-state index in [4.69, 9.17) is 11.6 Å². The van der Waals surface area contributed by atoms with Crippen LogP contribution in [-0.2, 0) is 0 Å². The maximum atomic E-state index is 13.2. The van der Waals surface area contributed by atoms with Crippen LogP contribution >= 0.6 is 38.9 Å². The number of rotatable bonds is 2. The third-order valence-electron chi connectivity index (χ3n) is 2.14. The summed E-state index contributed by atoms with van der Waals surface area (Å²) in [6.07, 6.45) is -0.889. The van der Waals surface area contributed by atoms with Crippen molar-refractivity contribution in [3.63, 3.8) is 0 Å². The van der Waals surface area contributed by atoms with Gasteiger partial charge in [-0.3, -0.25) is 0 Å². The number of benzene rings is 1. The molecule has 0 aliphatic rings. The van der Waals surface area contributed by atoms with Crippen molar-refractivity contribution < 1.29 is 9.50 Å². The summed E-state index contributed by atoms with van der Waals surface area (Å²) in [5.74, 6) is -0.520. The van der Waals surface area contributed by atoms with Gasteiger partial charge >= 0.3 is 0 Å². The van der Waals surface area contributed by atoms with E-state index in [1.54, 1.807) is 12.1 Å². The Kier molecular flexibility index (Phi) is 3.64. The van der Waals surface area contributed by atoms with Crippen LogP contribution in [0.15, 0.2) is 34.1 Å². The Morgan fingerprint density at radius 1 is 1.31 bits per heavy atom. The first-order valence-electron chi connectivity index (χ1n) is 4.47. The van der Waals surface area contributed by atoms with E-state index in [-0.39, 0.29) is 5.02 Å². The molecular formula is C11H7BrClFOS. The minimum atomic E-state index is -0.889. The normalized spacial score (nSPS) is 12.8. The minimum absolute atomic E-state index is 0.0282. The number of aliphatic hydroxyl groups is 1. The molecule has 5 heteroatoms. The lowest BCUT2D eigenvalue weighted by atomic mass is 10.1. The molecule has 0 aliphatic heterocycles. The molecule has 1 aromatic heterocycles. The van der Waals surface area contributed by atoms with Gasteiger partial charge in [0.25, 0.3) is 0 Å². The Labute approximate surface area is 110 Å². The highest BCUT2D eigenvalue weighted by Gasteiger charge is 2.17. The molecule has 0 bridgehead atoms. The third kappa shape index (κ3) is 2.30. The molecule has 1 aromatic carbocycles. The molecule has 16 heavy (non-hydrogen) atoms. The molecule has 84 valence electrons. The highest BCUT2D eigenvalue weighted by atomic mass is 79.9. The van der Waals surface area contributed by atoms with Gasteiger partial charge in [0.15, 0.2) is 0 Å². The summed E-state index contributed by atoms with van der Waals surface area (Å²) in [6.45, 7) is 0. The third-order valence-corrected chi connectivity index (χ3v) is 4.21. The molecular weight excluding hydrogens is 315 g/mol. The predicted octanol–water partition coefficient (Wildman–Crippen LogP) is 4.38. The second-order valence-corrected chi connectivity index (χ2v) is 6.06. The first-order valence-corrected chi connectivity index (χ1v) is 6.45. The first-order chi connectivity index (χ1) is 7.59. The van der Waals surface area contributed by atoms with Crippen LogP contribution in [-0.4, -0.2) is 5.11 Å². The zero-order valence-corrected chi connectivity index (χ0v) is 11.1. The number of aliphatic hydroxyl groups excluding tert-OH is 1. The van der Waals surface area contributed by atoms with Crippen LogP contribution < -0.4 is 0 Å². The van der Waals surface area contributed by atoms with Crippen molar-refractivity contribution in [2.24, 2.45) is 0 Å². The first kappa shape index (κ1) is 12.0. The zero-order chi connectivity index (χ0) is 11.7. The zero-order valence-electron chi connectivity index (χ0n) is 7.95. The van der Waals surface area contributed by atoms with Gasteiger partial charge in [-0.1, -0.05) is 23.7 Å². The molecule has 1 atom stereocenters. The topological polar surface area (TPSA) is 20.2 Å². The average molecular weight is 322 g/mol. The molecule has 0 saturated carbocycles. The Morgan fingerprint density at radius 3 is 2.69 bits per heavy atom. The fourth-order valence-electron chi connectivity index (χ4n) is 1.36. The summed E-state index contributed by atoms with van der Waals surface area (Å²) in [5.41, 5.74) is 0.385.